The summed E-state index contributed by atoms with van der Waals surface area (Å²) in [6.07, 6.45) is 4.66. The lowest BCUT2D eigenvalue weighted by Gasteiger charge is -2.29. The Morgan fingerprint density at radius 1 is 1.14 bits per heavy atom. The van der Waals surface area contributed by atoms with Gasteiger partial charge in [0.15, 0.2) is 11.5 Å². The quantitative estimate of drug-likeness (QED) is 0.560. The van der Waals surface area contributed by atoms with Crippen LogP contribution in [0.15, 0.2) is 36.5 Å². The van der Waals surface area contributed by atoms with E-state index >= 15 is 0 Å². The Bertz CT molecular complexity index is 866. The summed E-state index contributed by atoms with van der Waals surface area (Å²) in [5.41, 5.74) is -0.383. The van der Waals surface area contributed by atoms with E-state index in [0.29, 0.717) is 18.7 Å². The van der Waals surface area contributed by atoms with E-state index in [1.165, 1.54) is 26.4 Å². The van der Waals surface area contributed by atoms with Gasteiger partial charge in [-0.3, -0.25) is 14.9 Å². The number of methoxy groups -OCH3 is 2. The minimum atomic E-state index is -0.603. The standard InChI is InChI=1S/C20H23N3O6/c1-27-17-11-15(16(23(25)26)12-18(17)28-2)20(24)22-13-6-8-14(9-7-13)29-19-5-3-4-10-21-19/h3-5,10-14H,6-9H2,1-2H3,(H,22,24). The van der Waals surface area contributed by atoms with Crippen LogP contribution in [0.2, 0.25) is 0 Å². The molecule has 0 atom stereocenters. The number of hydrogen-bond acceptors (Lipinski definition) is 7. The zero-order valence-electron chi connectivity index (χ0n) is 16.3. The molecule has 1 heterocycles. The molecule has 0 saturated heterocycles. The number of carbonyl (C=O) groups excluding carboxylic acids is 1. The first kappa shape index (κ1) is 20.4. The van der Waals surface area contributed by atoms with Crippen molar-refractivity contribution in [1.82, 2.24) is 10.3 Å². The maximum atomic E-state index is 12.7. The van der Waals surface area contributed by atoms with Crippen LogP contribution in [0.5, 0.6) is 17.4 Å². The Balaban J connectivity index is 1.64. The van der Waals surface area contributed by atoms with Crippen LogP contribution in [-0.4, -0.2) is 42.2 Å². The Morgan fingerprint density at radius 2 is 1.83 bits per heavy atom. The number of ether oxygens (including phenoxy) is 3. The first-order valence-corrected chi connectivity index (χ1v) is 9.30. The maximum absolute atomic E-state index is 12.7. The highest BCUT2D eigenvalue weighted by Gasteiger charge is 2.28. The highest BCUT2D eigenvalue weighted by Crippen LogP contribution is 2.34. The molecule has 1 saturated carbocycles. The Kier molecular flexibility index (Phi) is 6.48. The summed E-state index contributed by atoms with van der Waals surface area (Å²) < 4.78 is 16.1. The molecule has 1 aromatic carbocycles. The molecular formula is C20H23N3O6. The zero-order valence-corrected chi connectivity index (χ0v) is 16.3. The number of nitrogens with one attached hydrogen (secondary N) is 1. The summed E-state index contributed by atoms with van der Waals surface area (Å²) in [6, 6.07) is 7.95. The van der Waals surface area contributed by atoms with Gasteiger partial charge < -0.3 is 19.5 Å². The summed E-state index contributed by atoms with van der Waals surface area (Å²) in [7, 11) is 2.79. The molecule has 3 rings (SSSR count). The second-order valence-electron chi connectivity index (χ2n) is 6.71. The van der Waals surface area contributed by atoms with E-state index in [0.717, 1.165) is 12.8 Å². The Hall–Kier alpha value is -3.36. The zero-order chi connectivity index (χ0) is 20.8. The number of rotatable bonds is 7. The second kappa shape index (κ2) is 9.22. The molecule has 1 N–H and O–H groups in total. The third-order valence-corrected chi connectivity index (χ3v) is 4.88. The molecule has 0 bridgehead atoms. The van der Waals surface area contributed by atoms with Gasteiger partial charge in [-0.1, -0.05) is 6.07 Å². The van der Waals surface area contributed by atoms with Crippen molar-refractivity contribution < 1.29 is 23.9 Å². The van der Waals surface area contributed by atoms with Gasteiger partial charge in [0, 0.05) is 24.4 Å². The molecule has 0 radical (unpaired) electrons. The third kappa shape index (κ3) is 4.92. The molecule has 29 heavy (non-hydrogen) atoms. The number of nitrogens with zero attached hydrogens (tertiary/aromatic N) is 2. The average Bonchev–Trinajstić information content (AvgIpc) is 2.74. The fourth-order valence-electron chi connectivity index (χ4n) is 3.38. The molecule has 1 aliphatic rings. The van der Waals surface area contributed by atoms with Crippen molar-refractivity contribution in [2.45, 2.75) is 37.8 Å². The lowest BCUT2D eigenvalue weighted by atomic mass is 9.92. The van der Waals surface area contributed by atoms with E-state index in [1.807, 2.05) is 18.2 Å². The lowest BCUT2D eigenvalue weighted by Crippen LogP contribution is -2.40. The molecule has 0 aliphatic heterocycles. The van der Waals surface area contributed by atoms with Crippen molar-refractivity contribution >= 4 is 11.6 Å². The Labute approximate surface area is 168 Å². The first-order chi connectivity index (χ1) is 14.0. The molecule has 9 heteroatoms. The number of pyridine rings is 1. The number of nitro benzene ring substituents is 1. The van der Waals surface area contributed by atoms with E-state index in [9.17, 15) is 14.9 Å². The van der Waals surface area contributed by atoms with Gasteiger partial charge in [0.1, 0.15) is 11.7 Å². The van der Waals surface area contributed by atoms with Gasteiger partial charge in [0.05, 0.1) is 25.2 Å². The van der Waals surface area contributed by atoms with Crippen molar-refractivity contribution in [1.29, 1.82) is 0 Å². The minimum Gasteiger partial charge on any atom is -0.493 e. The van der Waals surface area contributed by atoms with Crippen LogP contribution in [0.1, 0.15) is 36.0 Å². The van der Waals surface area contributed by atoms with Gasteiger partial charge in [0.2, 0.25) is 5.88 Å². The van der Waals surface area contributed by atoms with Gasteiger partial charge in [-0.2, -0.15) is 0 Å². The summed E-state index contributed by atoms with van der Waals surface area (Å²) in [6.45, 7) is 0. The fraction of sp³-hybridized carbons (Fsp3) is 0.400. The monoisotopic (exact) mass is 401 g/mol. The van der Waals surface area contributed by atoms with Crippen LogP contribution < -0.4 is 19.5 Å². The Morgan fingerprint density at radius 3 is 2.41 bits per heavy atom. The van der Waals surface area contributed by atoms with E-state index in [4.69, 9.17) is 14.2 Å². The molecule has 2 aromatic rings. The van der Waals surface area contributed by atoms with Gasteiger partial charge >= 0.3 is 0 Å². The smallest absolute Gasteiger partial charge is 0.286 e. The summed E-state index contributed by atoms with van der Waals surface area (Å²) in [5.74, 6) is 0.534. The highest BCUT2D eigenvalue weighted by atomic mass is 16.6. The van der Waals surface area contributed by atoms with Crippen LogP contribution in [0.25, 0.3) is 0 Å². The van der Waals surface area contributed by atoms with Gasteiger partial charge in [-0.15, -0.1) is 0 Å². The van der Waals surface area contributed by atoms with Gasteiger partial charge in [-0.25, -0.2) is 4.98 Å². The molecule has 0 unspecified atom stereocenters. The summed E-state index contributed by atoms with van der Waals surface area (Å²) in [4.78, 5) is 27.7. The topological polar surface area (TPSA) is 113 Å². The van der Waals surface area contributed by atoms with Crippen molar-refractivity contribution in [3.8, 4) is 17.4 Å². The van der Waals surface area contributed by atoms with Gasteiger partial charge in [-0.05, 0) is 31.7 Å². The molecular weight excluding hydrogens is 378 g/mol. The normalized spacial score (nSPS) is 18.6. The van der Waals surface area contributed by atoms with Crippen LogP contribution >= 0.6 is 0 Å². The predicted octanol–water partition coefficient (Wildman–Crippen LogP) is 3.13. The van der Waals surface area contributed by atoms with E-state index < -0.39 is 10.8 Å². The van der Waals surface area contributed by atoms with Gasteiger partial charge in [0.25, 0.3) is 11.6 Å². The number of nitro groups is 1. The molecule has 0 spiro atoms. The van der Waals surface area contributed by atoms with E-state index in [2.05, 4.69) is 10.3 Å². The molecule has 9 nitrogen and oxygen atoms in total. The molecule has 1 aliphatic carbocycles. The molecule has 1 fully saturated rings. The van der Waals surface area contributed by atoms with Crippen LogP contribution in [-0.2, 0) is 0 Å². The largest absolute Gasteiger partial charge is 0.493 e. The van der Waals surface area contributed by atoms with Crippen LogP contribution in [0, 0.1) is 10.1 Å². The number of hydrogen-bond donors (Lipinski definition) is 1. The van der Waals surface area contributed by atoms with Crippen molar-refractivity contribution in [3.05, 3.63) is 52.2 Å². The van der Waals surface area contributed by atoms with Crippen LogP contribution in [0.3, 0.4) is 0 Å². The first-order valence-electron chi connectivity index (χ1n) is 9.30. The van der Waals surface area contributed by atoms with Crippen molar-refractivity contribution in [2.24, 2.45) is 0 Å². The summed E-state index contributed by atoms with van der Waals surface area (Å²) >= 11 is 0. The van der Waals surface area contributed by atoms with E-state index in [-0.39, 0.29) is 34.9 Å². The second-order valence-corrected chi connectivity index (χ2v) is 6.71. The third-order valence-electron chi connectivity index (χ3n) is 4.88. The fourth-order valence-corrected chi connectivity index (χ4v) is 3.38. The highest BCUT2D eigenvalue weighted by molar-refractivity contribution is 5.99. The molecule has 1 amide bonds. The summed E-state index contributed by atoms with van der Waals surface area (Å²) in [5, 5.41) is 14.3. The predicted molar refractivity (Wildman–Crippen MR) is 105 cm³/mol. The number of carbonyl (C=O) groups is 1. The molecule has 1 aromatic heterocycles. The maximum Gasteiger partial charge on any atom is 0.286 e. The minimum absolute atomic E-state index is 0.0356. The number of benzene rings is 1. The lowest BCUT2D eigenvalue weighted by molar-refractivity contribution is -0.385. The number of amides is 1. The SMILES string of the molecule is COc1cc(C(=O)NC2CCC(Oc3ccccn3)CC2)c([N+](=O)[O-])cc1OC. The number of aromatic nitrogens is 1. The van der Waals surface area contributed by atoms with Crippen LogP contribution in [0.4, 0.5) is 5.69 Å². The van der Waals surface area contributed by atoms with Crippen molar-refractivity contribution in [3.63, 3.8) is 0 Å². The van der Waals surface area contributed by atoms with E-state index in [1.54, 1.807) is 6.20 Å². The van der Waals surface area contributed by atoms with Crippen molar-refractivity contribution in [2.75, 3.05) is 14.2 Å². The average molecular weight is 401 g/mol. The molecule has 154 valence electrons.